The number of carbonyl (C=O) groups excluding carboxylic acids is 2. The van der Waals surface area contributed by atoms with E-state index in [1.54, 1.807) is 11.8 Å². The van der Waals surface area contributed by atoms with Crippen molar-refractivity contribution in [2.24, 2.45) is 0 Å². The van der Waals surface area contributed by atoms with Crippen molar-refractivity contribution in [3.05, 3.63) is 64.7 Å². The molecule has 198 valence electrons. The Labute approximate surface area is 216 Å². The van der Waals surface area contributed by atoms with E-state index in [4.69, 9.17) is 0 Å². The molecule has 2 aromatic rings. The van der Waals surface area contributed by atoms with Crippen molar-refractivity contribution in [1.82, 2.24) is 10.2 Å². The number of benzene rings is 2. The first-order valence-electron chi connectivity index (χ1n) is 12.5. The van der Waals surface area contributed by atoms with Gasteiger partial charge in [-0.3, -0.25) is 13.9 Å². The number of sulfonamides is 1. The first-order valence-corrected chi connectivity index (χ1v) is 14.4. The molecule has 0 bridgehead atoms. The minimum atomic E-state index is -3.52. The third-order valence-corrected chi connectivity index (χ3v) is 7.44. The molecule has 1 N–H and O–H groups in total. The average molecular weight is 516 g/mol. The fourth-order valence-corrected chi connectivity index (χ4v) is 5.10. The van der Waals surface area contributed by atoms with Gasteiger partial charge in [-0.25, -0.2) is 8.42 Å². The van der Waals surface area contributed by atoms with Crippen LogP contribution in [-0.4, -0.2) is 50.0 Å². The Balaban J connectivity index is 2.20. The van der Waals surface area contributed by atoms with Gasteiger partial charge >= 0.3 is 0 Å². The second-order valence-electron chi connectivity index (χ2n) is 9.79. The summed E-state index contributed by atoms with van der Waals surface area (Å²) in [6.07, 6.45) is 2.44. The molecule has 2 atom stereocenters. The van der Waals surface area contributed by atoms with Crippen LogP contribution in [0.1, 0.15) is 62.3 Å². The zero-order valence-electron chi connectivity index (χ0n) is 22.7. The fraction of sp³-hybridized carbons (Fsp3) is 0.500. The van der Waals surface area contributed by atoms with E-state index in [-0.39, 0.29) is 30.8 Å². The molecular formula is C28H41N3O4S. The van der Waals surface area contributed by atoms with Gasteiger partial charge in [0.1, 0.15) is 6.04 Å². The molecule has 2 rings (SSSR count). The van der Waals surface area contributed by atoms with Crippen LogP contribution in [0.2, 0.25) is 0 Å². The van der Waals surface area contributed by atoms with E-state index in [0.717, 1.165) is 28.7 Å². The summed E-state index contributed by atoms with van der Waals surface area (Å²) in [5.74, 6) is -0.379. The third-order valence-electron chi connectivity index (χ3n) is 6.25. The van der Waals surface area contributed by atoms with Crippen molar-refractivity contribution < 1.29 is 18.0 Å². The van der Waals surface area contributed by atoms with Crippen LogP contribution in [0.3, 0.4) is 0 Å². The molecule has 7 nitrogen and oxygen atoms in total. The van der Waals surface area contributed by atoms with Crippen LogP contribution >= 0.6 is 0 Å². The number of amides is 2. The molecule has 0 aromatic heterocycles. The van der Waals surface area contributed by atoms with E-state index < -0.39 is 16.1 Å². The molecule has 0 aliphatic carbocycles. The number of nitrogens with zero attached hydrogens (tertiary/aromatic N) is 2. The van der Waals surface area contributed by atoms with Crippen molar-refractivity contribution >= 4 is 27.5 Å². The molecule has 0 fully saturated rings. The van der Waals surface area contributed by atoms with E-state index in [1.165, 1.54) is 10.6 Å². The average Bonchev–Trinajstić information content (AvgIpc) is 2.78. The Hall–Kier alpha value is -2.87. The lowest BCUT2D eigenvalue weighted by Crippen LogP contribution is -2.49. The van der Waals surface area contributed by atoms with Crippen LogP contribution in [0.4, 0.5) is 5.69 Å². The van der Waals surface area contributed by atoms with Crippen LogP contribution in [0.5, 0.6) is 0 Å². The Bertz CT molecular complexity index is 1140. The lowest BCUT2D eigenvalue weighted by atomic mass is 10.1. The predicted octanol–water partition coefficient (Wildman–Crippen LogP) is 4.49. The zero-order chi connectivity index (χ0) is 27.0. The molecule has 0 heterocycles. The number of rotatable bonds is 12. The predicted molar refractivity (Wildman–Crippen MR) is 146 cm³/mol. The minimum Gasteiger partial charge on any atom is -0.352 e. The van der Waals surface area contributed by atoms with Gasteiger partial charge in [-0.05, 0) is 76.3 Å². The highest BCUT2D eigenvalue weighted by molar-refractivity contribution is 7.92. The van der Waals surface area contributed by atoms with E-state index >= 15 is 0 Å². The minimum absolute atomic E-state index is 0.0111. The van der Waals surface area contributed by atoms with Crippen LogP contribution in [-0.2, 0) is 26.2 Å². The van der Waals surface area contributed by atoms with E-state index in [0.29, 0.717) is 18.7 Å². The molecule has 0 spiro atoms. The molecule has 0 radical (unpaired) electrons. The standard InChI is InChI=1S/C28H41N3O4S/c1-8-23(5)29-28(33)24(6)30(19-25-12-9-11-20(2)16-25)27(32)13-10-14-31(36(7,34)35)26-17-21(3)15-22(4)18-26/h9,11-12,15-18,23-24H,8,10,13-14,19H2,1-7H3,(H,29,33)/t23-,24+/m0/s1. The van der Waals surface area contributed by atoms with Gasteiger partial charge in [0.25, 0.3) is 0 Å². The summed E-state index contributed by atoms with van der Waals surface area (Å²) in [5, 5.41) is 2.97. The van der Waals surface area contributed by atoms with Crippen molar-refractivity contribution in [2.45, 2.75) is 79.4 Å². The summed E-state index contributed by atoms with van der Waals surface area (Å²) >= 11 is 0. The maximum absolute atomic E-state index is 13.4. The monoisotopic (exact) mass is 515 g/mol. The normalized spacial score (nSPS) is 13.1. The highest BCUT2D eigenvalue weighted by atomic mass is 32.2. The van der Waals surface area contributed by atoms with Gasteiger partial charge in [0.2, 0.25) is 21.8 Å². The summed E-state index contributed by atoms with van der Waals surface area (Å²) in [6, 6.07) is 12.9. The Morgan fingerprint density at radius 1 is 0.972 bits per heavy atom. The second-order valence-corrected chi connectivity index (χ2v) is 11.7. The summed E-state index contributed by atoms with van der Waals surface area (Å²) in [4.78, 5) is 27.9. The summed E-state index contributed by atoms with van der Waals surface area (Å²) in [6.45, 7) is 12.0. The number of nitrogens with one attached hydrogen (secondary N) is 1. The summed E-state index contributed by atoms with van der Waals surface area (Å²) in [7, 11) is -3.52. The summed E-state index contributed by atoms with van der Waals surface area (Å²) < 4.78 is 26.4. The molecule has 0 aliphatic heterocycles. The number of hydrogen-bond acceptors (Lipinski definition) is 4. The third kappa shape index (κ3) is 8.66. The van der Waals surface area contributed by atoms with Gasteiger partial charge in [-0.2, -0.15) is 0 Å². The van der Waals surface area contributed by atoms with Gasteiger partial charge < -0.3 is 10.2 Å². The van der Waals surface area contributed by atoms with Crippen LogP contribution in [0.25, 0.3) is 0 Å². The SMILES string of the molecule is CC[C@H](C)NC(=O)[C@@H](C)N(Cc1cccc(C)c1)C(=O)CCCN(c1cc(C)cc(C)c1)S(C)(=O)=O. The highest BCUT2D eigenvalue weighted by Crippen LogP contribution is 2.22. The lowest BCUT2D eigenvalue weighted by Gasteiger charge is -2.30. The van der Waals surface area contributed by atoms with E-state index in [9.17, 15) is 18.0 Å². The molecule has 36 heavy (non-hydrogen) atoms. The van der Waals surface area contributed by atoms with E-state index in [2.05, 4.69) is 5.32 Å². The lowest BCUT2D eigenvalue weighted by molar-refractivity contribution is -0.140. The highest BCUT2D eigenvalue weighted by Gasteiger charge is 2.27. The molecule has 0 saturated carbocycles. The number of anilines is 1. The zero-order valence-corrected chi connectivity index (χ0v) is 23.5. The van der Waals surface area contributed by atoms with Gasteiger partial charge in [0, 0.05) is 25.6 Å². The first kappa shape index (κ1) is 29.4. The van der Waals surface area contributed by atoms with Crippen molar-refractivity contribution in [3.63, 3.8) is 0 Å². The molecule has 2 aromatic carbocycles. The Morgan fingerprint density at radius 2 is 1.61 bits per heavy atom. The Kier molecular flexibility index (Phi) is 10.5. The number of aryl methyl sites for hydroxylation is 3. The molecule has 0 aliphatic rings. The maximum Gasteiger partial charge on any atom is 0.242 e. The second kappa shape index (κ2) is 12.9. The van der Waals surface area contributed by atoms with Gasteiger partial charge in [-0.15, -0.1) is 0 Å². The molecule has 8 heteroatoms. The van der Waals surface area contributed by atoms with E-state index in [1.807, 2.05) is 77.1 Å². The maximum atomic E-state index is 13.4. The molecule has 2 amide bonds. The molecular weight excluding hydrogens is 474 g/mol. The van der Waals surface area contributed by atoms with Crippen molar-refractivity contribution in [1.29, 1.82) is 0 Å². The van der Waals surface area contributed by atoms with Crippen molar-refractivity contribution in [2.75, 3.05) is 17.1 Å². The van der Waals surface area contributed by atoms with Crippen LogP contribution < -0.4 is 9.62 Å². The van der Waals surface area contributed by atoms with Gasteiger partial charge in [0.05, 0.1) is 11.9 Å². The first-order chi connectivity index (χ1) is 16.8. The topological polar surface area (TPSA) is 86.8 Å². The smallest absolute Gasteiger partial charge is 0.242 e. The van der Waals surface area contributed by atoms with Crippen LogP contribution in [0, 0.1) is 20.8 Å². The number of carbonyl (C=O) groups is 2. The molecule has 0 saturated heterocycles. The summed E-state index contributed by atoms with van der Waals surface area (Å²) in [5.41, 5.74) is 4.56. The van der Waals surface area contributed by atoms with Gasteiger partial charge in [0.15, 0.2) is 0 Å². The van der Waals surface area contributed by atoms with Crippen LogP contribution in [0.15, 0.2) is 42.5 Å². The fourth-order valence-electron chi connectivity index (χ4n) is 4.15. The quantitative estimate of drug-likeness (QED) is 0.451. The van der Waals surface area contributed by atoms with Crippen molar-refractivity contribution in [3.8, 4) is 0 Å². The number of hydrogen-bond donors (Lipinski definition) is 1. The Morgan fingerprint density at radius 3 is 2.17 bits per heavy atom. The molecule has 0 unspecified atom stereocenters. The van der Waals surface area contributed by atoms with Gasteiger partial charge in [-0.1, -0.05) is 42.8 Å². The largest absolute Gasteiger partial charge is 0.352 e.